The van der Waals surface area contributed by atoms with Gasteiger partial charge in [0.1, 0.15) is 28.2 Å². The predicted molar refractivity (Wildman–Crippen MR) is 485 cm³/mol. The zero-order valence-corrected chi connectivity index (χ0v) is 69.6. The molecule has 0 atom stereocenters. The van der Waals surface area contributed by atoms with Gasteiger partial charge < -0.3 is 17.7 Å². The third-order valence-electron chi connectivity index (χ3n) is 22.6. The molecule has 0 bridgehead atoms. The van der Waals surface area contributed by atoms with Crippen LogP contribution in [0.4, 0.5) is 0 Å². The minimum atomic E-state index is -2.80. The van der Waals surface area contributed by atoms with Crippen molar-refractivity contribution in [3.05, 3.63) is 336 Å². The molecule has 0 amide bonds. The van der Waals surface area contributed by atoms with Crippen LogP contribution in [0.1, 0.15) is 93.3 Å². The highest BCUT2D eigenvalue weighted by molar-refractivity contribution is 6.13. The fourth-order valence-corrected chi connectivity index (χ4v) is 16.6. The lowest BCUT2D eigenvalue weighted by molar-refractivity contribution is -0.660. The van der Waals surface area contributed by atoms with Crippen LogP contribution in [-0.2, 0) is 40.0 Å². The minimum Gasteiger partial charge on any atom is -0.437 e. The monoisotopic (exact) mass is 1560 g/mol. The number of fused-ring (bicyclic) bond motifs is 12. The van der Waals surface area contributed by atoms with E-state index in [4.69, 9.17) is 25.9 Å². The lowest BCUT2D eigenvalue weighted by Gasteiger charge is -2.16. The summed E-state index contributed by atoms with van der Waals surface area (Å²) in [6, 6.07) is 89.7. The Bertz CT molecular complexity index is 7540. The Morgan fingerprint density at radius 1 is 0.328 bits per heavy atom. The molecule has 0 radical (unpaired) electrons. The third-order valence-corrected chi connectivity index (χ3v) is 22.6. The van der Waals surface area contributed by atoms with Crippen LogP contribution in [0, 0.1) is 54.4 Å². The van der Waals surface area contributed by atoms with Crippen LogP contribution < -0.4 is 18.3 Å². The SMILES string of the molecule is Cc1ccc2c(n1)oc1c(-c3c(-c4ccccc4)ccc[n+]3C)c(C)ccc12.Cc1ccc2c(n1)oc1c(-c3cc(-c4ccccc4)cc[n+]3C)c(C)ccc12.Cc1ccc2c(n1)oc1c(-c3ccc(-c4ccccc4)c[n+]3C)c(C)ccc12.[2H]C([2H])([2H])C(C)(c1ccc2c(n1)oc1c(-c3c(-c4cccc(CC(C)C)c4)ccc[n+]3C)c(C)ccc12)C([2H])([2H])[2H]. The van der Waals surface area contributed by atoms with E-state index in [0.29, 0.717) is 34.0 Å². The van der Waals surface area contributed by atoms with Crippen LogP contribution in [0.5, 0.6) is 0 Å². The number of aromatic nitrogens is 8. The van der Waals surface area contributed by atoms with Gasteiger partial charge in [0.2, 0.25) is 45.6 Å². The maximum Gasteiger partial charge on any atom is 0.227 e. The second-order valence-electron chi connectivity index (χ2n) is 32.0. The van der Waals surface area contributed by atoms with E-state index in [0.717, 1.165) is 140 Å². The molecular formula is C107H98N8O4+4. The van der Waals surface area contributed by atoms with Crippen molar-refractivity contribution in [3.8, 4) is 89.5 Å². The van der Waals surface area contributed by atoms with E-state index >= 15 is 0 Å². The Morgan fingerprint density at radius 3 is 1.19 bits per heavy atom. The molecule has 0 fully saturated rings. The molecule has 0 spiro atoms. The van der Waals surface area contributed by atoms with Gasteiger partial charge in [0, 0.05) is 115 Å². The third kappa shape index (κ3) is 15.1. The number of pyridine rings is 8. The van der Waals surface area contributed by atoms with Crippen molar-refractivity contribution < 1.29 is 44.2 Å². The quantitative estimate of drug-likeness (QED) is 0.124. The smallest absolute Gasteiger partial charge is 0.227 e. The van der Waals surface area contributed by atoms with Gasteiger partial charge >= 0.3 is 0 Å². The molecule has 0 saturated carbocycles. The summed E-state index contributed by atoms with van der Waals surface area (Å²) < 4.78 is 82.1. The van der Waals surface area contributed by atoms with Crippen molar-refractivity contribution in [1.29, 1.82) is 0 Å². The first kappa shape index (κ1) is 70.6. The van der Waals surface area contributed by atoms with Gasteiger partial charge in [0.25, 0.3) is 0 Å². The van der Waals surface area contributed by atoms with Crippen LogP contribution in [0.15, 0.2) is 303 Å². The molecule has 0 aliphatic heterocycles. The van der Waals surface area contributed by atoms with Crippen molar-refractivity contribution in [2.24, 2.45) is 34.1 Å². The van der Waals surface area contributed by atoms with Gasteiger partial charge in [0.15, 0.2) is 47.1 Å². The zero-order chi connectivity index (χ0) is 87.7. The largest absolute Gasteiger partial charge is 0.437 e. The first-order valence-corrected chi connectivity index (χ1v) is 40.5. The lowest BCUT2D eigenvalue weighted by atomic mass is 9.91. The van der Waals surface area contributed by atoms with Crippen LogP contribution in [-0.4, -0.2) is 19.9 Å². The second-order valence-corrected chi connectivity index (χ2v) is 32.0. The second kappa shape index (κ2) is 32.0. The molecular weight excluding hydrogens is 1460 g/mol. The highest BCUT2D eigenvalue weighted by atomic mass is 16.4. The van der Waals surface area contributed by atoms with E-state index in [1.807, 2.05) is 95.5 Å². The molecule has 8 aromatic carbocycles. The summed E-state index contributed by atoms with van der Waals surface area (Å²) in [5.41, 5.74) is 30.1. The Balaban J connectivity index is 0.000000119. The van der Waals surface area contributed by atoms with Crippen LogP contribution in [0.2, 0.25) is 0 Å². The van der Waals surface area contributed by atoms with Gasteiger partial charge in [-0.1, -0.05) is 198 Å². The molecule has 12 heterocycles. The van der Waals surface area contributed by atoms with Crippen LogP contribution >= 0.6 is 0 Å². The number of benzene rings is 8. The normalized spacial score (nSPS) is 12.6. The molecule has 20 aromatic rings. The van der Waals surface area contributed by atoms with E-state index in [1.165, 1.54) is 68.6 Å². The number of hydrogen-bond donors (Lipinski definition) is 0. The van der Waals surface area contributed by atoms with Crippen LogP contribution in [0.25, 0.3) is 178 Å². The summed E-state index contributed by atoms with van der Waals surface area (Å²) >= 11 is 0. The molecule has 0 unspecified atom stereocenters. The predicted octanol–water partition coefficient (Wildman–Crippen LogP) is 25.2. The summed E-state index contributed by atoms with van der Waals surface area (Å²) in [4.78, 5) is 18.3. The topological polar surface area (TPSA) is 120 Å². The number of nitrogens with zero attached hydrogens (tertiary/aromatic N) is 8. The molecule has 0 aliphatic carbocycles. The van der Waals surface area contributed by atoms with E-state index < -0.39 is 19.1 Å². The van der Waals surface area contributed by atoms with E-state index in [2.05, 4.69) is 307 Å². The number of hydrogen-bond acceptors (Lipinski definition) is 8. The maximum absolute atomic E-state index is 8.05. The Labute approximate surface area is 703 Å². The van der Waals surface area contributed by atoms with Crippen molar-refractivity contribution in [2.75, 3.05) is 0 Å². The number of furan rings is 4. The molecule has 12 aromatic heterocycles. The number of aryl methyl sites for hydroxylation is 11. The van der Waals surface area contributed by atoms with Crippen LogP contribution in [0.3, 0.4) is 0 Å². The first-order valence-electron chi connectivity index (χ1n) is 43.5. The summed E-state index contributed by atoms with van der Waals surface area (Å²) in [6.07, 6.45) is 9.37. The van der Waals surface area contributed by atoms with E-state index in [-0.39, 0.29) is 11.4 Å². The Morgan fingerprint density at radius 2 is 0.731 bits per heavy atom. The van der Waals surface area contributed by atoms with Gasteiger partial charge in [-0.15, -0.1) is 0 Å². The highest BCUT2D eigenvalue weighted by Crippen LogP contribution is 2.45. The maximum atomic E-state index is 8.05. The van der Waals surface area contributed by atoms with Gasteiger partial charge in [-0.2, -0.15) is 0 Å². The Kier molecular flexibility index (Phi) is 19.0. The zero-order valence-electron chi connectivity index (χ0n) is 75.6. The van der Waals surface area contributed by atoms with Gasteiger partial charge in [-0.05, 0) is 183 Å². The van der Waals surface area contributed by atoms with Gasteiger partial charge in [0.05, 0.1) is 33.4 Å². The average molecular weight is 1570 g/mol. The van der Waals surface area contributed by atoms with E-state index in [1.54, 1.807) is 6.07 Å². The molecule has 0 aliphatic rings. The molecule has 586 valence electrons. The molecule has 12 nitrogen and oxygen atoms in total. The summed E-state index contributed by atoms with van der Waals surface area (Å²) in [6.45, 7) is 14.5. The summed E-state index contributed by atoms with van der Waals surface area (Å²) in [5, 5.41) is 8.01. The van der Waals surface area contributed by atoms with Crippen molar-refractivity contribution in [2.45, 2.75) is 94.8 Å². The van der Waals surface area contributed by atoms with E-state index in [9.17, 15) is 0 Å². The van der Waals surface area contributed by atoms with Crippen molar-refractivity contribution in [1.82, 2.24) is 19.9 Å². The molecule has 20 rings (SSSR count). The summed E-state index contributed by atoms with van der Waals surface area (Å²) in [7, 11) is 8.26. The molecule has 0 N–H and O–H groups in total. The Hall–Kier alpha value is -13.8. The van der Waals surface area contributed by atoms with Crippen molar-refractivity contribution in [3.63, 3.8) is 0 Å². The van der Waals surface area contributed by atoms with Crippen molar-refractivity contribution >= 4 is 88.3 Å². The van der Waals surface area contributed by atoms with Gasteiger partial charge in [-0.25, -0.2) is 38.2 Å². The molecule has 119 heavy (non-hydrogen) atoms. The minimum absolute atomic E-state index is 0.0461. The highest BCUT2D eigenvalue weighted by Gasteiger charge is 2.30. The molecule has 0 saturated heterocycles. The first-order chi connectivity index (χ1) is 60.0. The number of rotatable bonds is 10. The molecule has 12 heteroatoms. The summed E-state index contributed by atoms with van der Waals surface area (Å²) in [5.74, 6) is 0.540. The average Bonchev–Trinajstić information content (AvgIpc) is 1.66. The van der Waals surface area contributed by atoms with Gasteiger partial charge in [-0.3, -0.25) is 0 Å². The standard InChI is InChI=1S/C32H35N2O.3C25H21N2O/c1-20(2)18-22-10-8-11-23(19-22)24-12-9-17-34(7)29(24)28-21(3)13-14-25-26-15-16-27(32(4,5)6)33-31(26)35-30(25)28;1-16-11-13-20-21-14-12-17(2)26-25(21)28-24(20)22(16)23-19(10-7-15-27(23)3)18-8-5-4-6-9-18;1-16-9-12-20-21-13-10-17(2)26-25(21)28-24(20)23(16)22-14-11-19(15-27(22)3)18-7-5-4-6-8-18;1-16-9-11-20-21-12-10-17(2)26-25(21)28-24(20)23(16)22-15-19(13-14-27(22)3)18-7-5-4-6-8-18/h8-17,19-20H,18H2,1-7H3;3*4-15H,1-3H3/q4*+1/i4D3,5D3;;;. The lowest BCUT2D eigenvalue weighted by Crippen LogP contribution is -2.31. The fraction of sp³-hybridized carbons (Fsp3) is 0.178. The fourth-order valence-electron chi connectivity index (χ4n) is 16.6.